The lowest BCUT2D eigenvalue weighted by Gasteiger charge is -2.35. The summed E-state index contributed by atoms with van der Waals surface area (Å²) in [5.41, 5.74) is 1.29. The van der Waals surface area contributed by atoms with Gasteiger partial charge in [0.15, 0.2) is 11.6 Å². The molecule has 2 aliphatic rings. The van der Waals surface area contributed by atoms with Gasteiger partial charge < -0.3 is 19.3 Å². The van der Waals surface area contributed by atoms with Gasteiger partial charge in [-0.2, -0.15) is 0 Å². The lowest BCUT2D eigenvalue weighted by Crippen LogP contribution is -2.46. The van der Waals surface area contributed by atoms with E-state index in [9.17, 15) is 0 Å². The Morgan fingerprint density at radius 2 is 1.56 bits per heavy atom. The van der Waals surface area contributed by atoms with E-state index in [2.05, 4.69) is 55.2 Å². The maximum absolute atomic E-state index is 5.40. The van der Waals surface area contributed by atoms with E-state index in [0.717, 1.165) is 76.4 Å². The monoisotopic (exact) mass is 369 g/mol. The number of methoxy groups -OCH3 is 1. The molecule has 7 nitrogen and oxygen atoms in total. The Morgan fingerprint density at radius 1 is 0.889 bits per heavy atom. The molecule has 0 saturated carbocycles. The number of ether oxygens (including phenoxy) is 2. The third kappa shape index (κ3) is 4.48. The Hall–Kier alpha value is -2.38. The average molecular weight is 369 g/mol. The van der Waals surface area contributed by atoms with E-state index in [1.807, 2.05) is 6.07 Å². The Kier molecular flexibility index (Phi) is 5.69. The summed E-state index contributed by atoms with van der Waals surface area (Å²) in [6, 6.07) is 12.5. The van der Waals surface area contributed by atoms with Crippen molar-refractivity contribution in [1.29, 1.82) is 0 Å². The van der Waals surface area contributed by atoms with Gasteiger partial charge in [0.2, 0.25) is 0 Å². The number of aromatic nitrogens is 2. The molecular formula is C20H27N5O2. The molecule has 7 heteroatoms. The maximum atomic E-state index is 5.40. The first kappa shape index (κ1) is 18.0. The van der Waals surface area contributed by atoms with Crippen LogP contribution in [0.5, 0.6) is 5.75 Å². The molecule has 1 aromatic carbocycles. The fraction of sp³-hybridized carbons (Fsp3) is 0.500. The second kappa shape index (κ2) is 8.54. The van der Waals surface area contributed by atoms with Crippen molar-refractivity contribution < 1.29 is 9.47 Å². The zero-order valence-corrected chi connectivity index (χ0v) is 15.9. The molecular weight excluding hydrogens is 342 g/mol. The van der Waals surface area contributed by atoms with Gasteiger partial charge in [-0.15, -0.1) is 10.2 Å². The summed E-state index contributed by atoms with van der Waals surface area (Å²) in [4.78, 5) is 7.02. The predicted molar refractivity (Wildman–Crippen MR) is 106 cm³/mol. The van der Waals surface area contributed by atoms with E-state index in [1.165, 1.54) is 5.56 Å². The molecule has 0 spiro atoms. The summed E-state index contributed by atoms with van der Waals surface area (Å²) in [5.74, 6) is 2.83. The highest BCUT2D eigenvalue weighted by Crippen LogP contribution is 2.19. The average Bonchev–Trinajstić information content (AvgIpc) is 2.75. The molecule has 0 unspecified atom stereocenters. The van der Waals surface area contributed by atoms with E-state index < -0.39 is 0 Å². The number of hydrogen-bond acceptors (Lipinski definition) is 7. The van der Waals surface area contributed by atoms with Crippen LogP contribution in [0, 0.1) is 0 Å². The van der Waals surface area contributed by atoms with Gasteiger partial charge in [-0.3, -0.25) is 4.90 Å². The normalized spacial score (nSPS) is 18.6. The minimum atomic E-state index is 0.763. The highest BCUT2D eigenvalue weighted by Gasteiger charge is 2.19. The third-order valence-corrected chi connectivity index (χ3v) is 5.21. The first-order valence-electron chi connectivity index (χ1n) is 9.58. The van der Waals surface area contributed by atoms with Crippen LogP contribution in [0.25, 0.3) is 0 Å². The first-order valence-corrected chi connectivity index (χ1v) is 9.58. The Balaban J connectivity index is 1.30. The fourth-order valence-corrected chi connectivity index (χ4v) is 3.61. The smallest absolute Gasteiger partial charge is 0.151 e. The summed E-state index contributed by atoms with van der Waals surface area (Å²) in [6.07, 6.45) is 0. The number of rotatable bonds is 5. The maximum Gasteiger partial charge on any atom is 0.151 e. The Bertz CT molecular complexity index is 725. The second-order valence-electron chi connectivity index (χ2n) is 6.96. The number of morpholine rings is 1. The van der Waals surface area contributed by atoms with E-state index in [0.29, 0.717) is 0 Å². The van der Waals surface area contributed by atoms with Crippen LogP contribution in [0.2, 0.25) is 0 Å². The third-order valence-electron chi connectivity index (χ3n) is 5.21. The summed E-state index contributed by atoms with van der Waals surface area (Å²) < 4.78 is 10.7. The molecule has 4 rings (SSSR count). The molecule has 0 amide bonds. The second-order valence-corrected chi connectivity index (χ2v) is 6.96. The quantitative estimate of drug-likeness (QED) is 0.794. The molecule has 2 aromatic rings. The van der Waals surface area contributed by atoms with E-state index in [-0.39, 0.29) is 0 Å². The number of benzene rings is 1. The van der Waals surface area contributed by atoms with E-state index in [1.54, 1.807) is 7.11 Å². The van der Waals surface area contributed by atoms with Gasteiger partial charge in [-0.25, -0.2) is 0 Å². The zero-order chi connectivity index (χ0) is 18.5. The van der Waals surface area contributed by atoms with Crippen molar-refractivity contribution in [3.05, 3.63) is 42.0 Å². The number of piperazine rings is 1. The molecule has 3 heterocycles. The van der Waals surface area contributed by atoms with Crippen LogP contribution in [0.3, 0.4) is 0 Å². The number of hydrogen-bond donors (Lipinski definition) is 0. The molecule has 2 aliphatic heterocycles. The van der Waals surface area contributed by atoms with Crippen LogP contribution in [-0.2, 0) is 11.3 Å². The van der Waals surface area contributed by atoms with E-state index in [4.69, 9.17) is 9.47 Å². The van der Waals surface area contributed by atoms with Crippen LogP contribution in [0.15, 0.2) is 36.4 Å². The van der Waals surface area contributed by atoms with Crippen molar-refractivity contribution in [2.24, 2.45) is 0 Å². The van der Waals surface area contributed by atoms with Crippen LogP contribution in [0.4, 0.5) is 11.6 Å². The van der Waals surface area contributed by atoms with Gasteiger partial charge in [0.05, 0.1) is 20.3 Å². The summed E-state index contributed by atoms with van der Waals surface area (Å²) >= 11 is 0. The van der Waals surface area contributed by atoms with Gasteiger partial charge in [-0.1, -0.05) is 12.1 Å². The van der Waals surface area contributed by atoms with Gasteiger partial charge in [0, 0.05) is 45.8 Å². The number of nitrogens with zero attached hydrogens (tertiary/aromatic N) is 5. The van der Waals surface area contributed by atoms with Crippen molar-refractivity contribution in [3.8, 4) is 5.75 Å². The minimum Gasteiger partial charge on any atom is -0.497 e. The topological polar surface area (TPSA) is 54.0 Å². The van der Waals surface area contributed by atoms with Crippen molar-refractivity contribution in [2.75, 3.05) is 69.4 Å². The van der Waals surface area contributed by atoms with Gasteiger partial charge in [0.1, 0.15) is 5.75 Å². The molecule has 144 valence electrons. The van der Waals surface area contributed by atoms with Gasteiger partial charge in [-0.05, 0) is 29.8 Å². The molecule has 2 fully saturated rings. The van der Waals surface area contributed by atoms with E-state index >= 15 is 0 Å². The summed E-state index contributed by atoms with van der Waals surface area (Å²) in [6.45, 7) is 8.22. The lowest BCUT2D eigenvalue weighted by molar-refractivity contribution is 0.122. The first-order chi connectivity index (χ1) is 13.3. The molecule has 27 heavy (non-hydrogen) atoms. The Labute approximate surface area is 160 Å². The minimum absolute atomic E-state index is 0.763. The molecule has 0 N–H and O–H groups in total. The molecule has 0 atom stereocenters. The van der Waals surface area contributed by atoms with Crippen molar-refractivity contribution in [3.63, 3.8) is 0 Å². The molecule has 2 saturated heterocycles. The van der Waals surface area contributed by atoms with Crippen LogP contribution in [-0.4, -0.2) is 74.7 Å². The van der Waals surface area contributed by atoms with Crippen molar-refractivity contribution >= 4 is 11.6 Å². The molecule has 0 radical (unpaired) electrons. The Morgan fingerprint density at radius 3 is 2.19 bits per heavy atom. The van der Waals surface area contributed by atoms with Gasteiger partial charge in [0.25, 0.3) is 0 Å². The lowest BCUT2D eigenvalue weighted by atomic mass is 10.2. The highest BCUT2D eigenvalue weighted by atomic mass is 16.5. The number of anilines is 2. The van der Waals surface area contributed by atoms with Crippen molar-refractivity contribution in [1.82, 2.24) is 15.1 Å². The molecule has 0 aliphatic carbocycles. The summed E-state index contributed by atoms with van der Waals surface area (Å²) in [5, 5.41) is 8.90. The zero-order valence-electron chi connectivity index (χ0n) is 15.9. The fourth-order valence-electron chi connectivity index (χ4n) is 3.61. The highest BCUT2D eigenvalue weighted by molar-refractivity contribution is 5.45. The molecule has 0 bridgehead atoms. The van der Waals surface area contributed by atoms with Crippen molar-refractivity contribution in [2.45, 2.75) is 6.54 Å². The van der Waals surface area contributed by atoms with Crippen LogP contribution in [0.1, 0.15) is 5.56 Å². The SMILES string of the molecule is COc1cccc(CN2CCN(c3ccc(N4CCOCC4)nn3)CC2)c1. The summed E-state index contributed by atoms with van der Waals surface area (Å²) in [7, 11) is 1.71. The van der Waals surface area contributed by atoms with Crippen LogP contribution >= 0.6 is 0 Å². The van der Waals surface area contributed by atoms with Gasteiger partial charge >= 0.3 is 0 Å². The largest absolute Gasteiger partial charge is 0.497 e. The predicted octanol–water partition coefficient (Wildman–Crippen LogP) is 1.64. The standard InChI is InChI=1S/C20H27N5O2/c1-26-18-4-2-3-17(15-18)16-23-7-9-24(10-8-23)19-5-6-20(22-21-19)25-11-13-27-14-12-25/h2-6,15H,7-14,16H2,1H3. The molecule has 1 aromatic heterocycles. The van der Waals surface area contributed by atoms with Crippen LogP contribution < -0.4 is 14.5 Å².